The Morgan fingerprint density at radius 3 is 2.47 bits per heavy atom. The molecule has 1 fully saturated rings. The molecule has 34 heavy (non-hydrogen) atoms. The predicted molar refractivity (Wildman–Crippen MR) is 122 cm³/mol. The summed E-state index contributed by atoms with van der Waals surface area (Å²) in [6.45, 7) is 0. The van der Waals surface area contributed by atoms with Crippen molar-refractivity contribution in [3.05, 3.63) is 93.0 Å². The molecular formula is C24H15Cl2F2NO5. The number of carbonyl (C=O) groups excluding carboxylic acids is 2. The molecule has 2 N–H and O–H groups in total. The molecular weight excluding hydrogens is 491 g/mol. The summed E-state index contributed by atoms with van der Waals surface area (Å²) in [6, 6.07) is 9.09. The fourth-order valence-corrected chi connectivity index (χ4v) is 4.42. The maximum atomic E-state index is 14.7. The molecule has 1 atom stereocenters. The molecule has 0 spiro atoms. The number of aromatic hydroxyl groups is 1. The van der Waals surface area contributed by atoms with Crippen molar-refractivity contribution in [3.63, 3.8) is 0 Å². The van der Waals surface area contributed by atoms with Crippen LogP contribution in [0.15, 0.2) is 60.2 Å². The molecule has 1 aliphatic heterocycles. The molecule has 0 aliphatic carbocycles. The maximum Gasteiger partial charge on any atom is 0.300 e. The number of rotatable bonds is 4. The number of nitrogens with zero attached hydrogens (tertiary/aromatic N) is 1. The lowest BCUT2D eigenvalue weighted by Crippen LogP contribution is -2.30. The first-order valence-electron chi connectivity index (χ1n) is 9.72. The molecule has 3 aromatic rings. The van der Waals surface area contributed by atoms with E-state index in [9.17, 15) is 28.6 Å². The van der Waals surface area contributed by atoms with E-state index < -0.39 is 46.4 Å². The molecule has 174 valence electrons. The van der Waals surface area contributed by atoms with Gasteiger partial charge in [0, 0.05) is 11.1 Å². The van der Waals surface area contributed by atoms with Gasteiger partial charge in [0.25, 0.3) is 11.7 Å². The average Bonchev–Trinajstić information content (AvgIpc) is 3.05. The van der Waals surface area contributed by atoms with Crippen molar-refractivity contribution >= 4 is 46.3 Å². The number of ketones is 1. The zero-order valence-electron chi connectivity index (χ0n) is 17.4. The summed E-state index contributed by atoms with van der Waals surface area (Å²) < 4.78 is 33.9. The van der Waals surface area contributed by atoms with E-state index in [-0.39, 0.29) is 32.7 Å². The summed E-state index contributed by atoms with van der Waals surface area (Å²) in [7, 11) is 1.28. The molecule has 1 aliphatic rings. The van der Waals surface area contributed by atoms with Gasteiger partial charge in [-0.3, -0.25) is 14.5 Å². The highest BCUT2D eigenvalue weighted by molar-refractivity contribution is 6.52. The van der Waals surface area contributed by atoms with Crippen molar-refractivity contribution in [3.8, 4) is 11.5 Å². The van der Waals surface area contributed by atoms with Crippen molar-refractivity contribution in [2.75, 3.05) is 12.0 Å². The summed E-state index contributed by atoms with van der Waals surface area (Å²) in [4.78, 5) is 26.9. The summed E-state index contributed by atoms with van der Waals surface area (Å²) in [6.07, 6.45) is 0. The lowest BCUT2D eigenvalue weighted by molar-refractivity contribution is -0.132. The second-order valence-corrected chi connectivity index (χ2v) is 8.17. The number of ether oxygens (including phenoxy) is 1. The number of aliphatic hydroxyl groups excluding tert-OH is 1. The second-order valence-electron chi connectivity index (χ2n) is 7.33. The Morgan fingerprint density at radius 2 is 1.79 bits per heavy atom. The van der Waals surface area contributed by atoms with E-state index in [2.05, 4.69) is 0 Å². The van der Waals surface area contributed by atoms with Gasteiger partial charge >= 0.3 is 0 Å². The van der Waals surface area contributed by atoms with Crippen LogP contribution in [0.25, 0.3) is 5.76 Å². The quantitative estimate of drug-likeness (QED) is 0.273. The molecule has 1 heterocycles. The monoisotopic (exact) mass is 505 g/mol. The third-order valence-corrected chi connectivity index (χ3v) is 5.76. The van der Waals surface area contributed by atoms with Crippen LogP contribution in [-0.2, 0) is 9.59 Å². The highest BCUT2D eigenvalue weighted by Crippen LogP contribution is 2.45. The number of anilines is 1. The molecule has 1 amide bonds. The molecule has 4 rings (SSSR count). The number of aliphatic hydroxyl groups is 1. The fraction of sp³-hybridized carbons (Fsp3) is 0.0833. The van der Waals surface area contributed by atoms with Crippen molar-refractivity contribution in [2.45, 2.75) is 6.04 Å². The van der Waals surface area contributed by atoms with Gasteiger partial charge in [-0.25, -0.2) is 8.78 Å². The zero-order chi connectivity index (χ0) is 24.7. The van der Waals surface area contributed by atoms with Crippen molar-refractivity contribution < 1.29 is 33.3 Å². The minimum Gasteiger partial charge on any atom is -0.508 e. The van der Waals surface area contributed by atoms with Crippen LogP contribution in [0.5, 0.6) is 11.5 Å². The molecule has 6 nitrogen and oxygen atoms in total. The Kier molecular flexibility index (Phi) is 6.20. The third-order valence-electron chi connectivity index (χ3n) is 5.27. The van der Waals surface area contributed by atoms with E-state index in [0.717, 1.165) is 23.1 Å². The SMILES string of the molecule is COc1c(Cl)cc(Cl)cc1/C(O)=C1\C(=O)C(=O)N(c2cc(F)ccc2F)C1c1cccc(O)c1. The van der Waals surface area contributed by atoms with Gasteiger partial charge in [0.2, 0.25) is 0 Å². The minimum absolute atomic E-state index is 0.0239. The van der Waals surface area contributed by atoms with Crippen LogP contribution >= 0.6 is 23.2 Å². The Hall–Kier alpha value is -3.62. The van der Waals surface area contributed by atoms with Crippen molar-refractivity contribution in [1.82, 2.24) is 0 Å². The van der Waals surface area contributed by atoms with Gasteiger partial charge in [0.15, 0.2) is 0 Å². The third kappa shape index (κ3) is 3.95. The predicted octanol–water partition coefficient (Wildman–Crippen LogP) is 5.61. The van der Waals surface area contributed by atoms with E-state index >= 15 is 0 Å². The highest BCUT2D eigenvalue weighted by atomic mass is 35.5. The second kappa shape index (κ2) is 8.96. The van der Waals surface area contributed by atoms with Gasteiger partial charge < -0.3 is 14.9 Å². The Labute approximate surface area is 202 Å². The molecule has 0 bridgehead atoms. The van der Waals surface area contributed by atoms with Gasteiger partial charge in [-0.1, -0.05) is 35.3 Å². The number of hydrogen-bond acceptors (Lipinski definition) is 5. The minimum atomic E-state index is -1.43. The first-order valence-corrected chi connectivity index (χ1v) is 10.5. The first-order chi connectivity index (χ1) is 16.1. The van der Waals surface area contributed by atoms with Crippen LogP contribution in [0, 0.1) is 11.6 Å². The normalized spacial score (nSPS) is 17.3. The Bertz CT molecular complexity index is 1380. The summed E-state index contributed by atoms with van der Waals surface area (Å²) in [5.74, 6) is -5.16. The maximum absolute atomic E-state index is 14.7. The van der Waals surface area contributed by atoms with Gasteiger partial charge in [-0.15, -0.1) is 0 Å². The van der Waals surface area contributed by atoms with Gasteiger partial charge in [-0.05, 0) is 42.0 Å². The number of amides is 1. The van der Waals surface area contributed by atoms with Gasteiger partial charge in [0.1, 0.15) is 28.9 Å². The van der Waals surface area contributed by atoms with Gasteiger partial charge in [0.05, 0.1) is 35.0 Å². The Morgan fingerprint density at radius 1 is 1.06 bits per heavy atom. The smallest absolute Gasteiger partial charge is 0.300 e. The lowest BCUT2D eigenvalue weighted by Gasteiger charge is -2.26. The number of phenolic OH excluding ortho intramolecular Hbond substituents is 1. The van der Waals surface area contributed by atoms with Crippen molar-refractivity contribution in [1.29, 1.82) is 0 Å². The number of phenols is 1. The largest absolute Gasteiger partial charge is 0.508 e. The number of Topliss-reactive ketones (excluding diaryl/α,β-unsaturated/α-hetero) is 1. The number of benzene rings is 3. The van der Waals surface area contributed by atoms with E-state index in [4.69, 9.17) is 27.9 Å². The number of carbonyl (C=O) groups is 2. The number of halogens is 4. The highest BCUT2D eigenvalue weighted by Gasteiger charge is 2.48. The summed E-state index contributed by atoms with van der Waals surface area (Å²) in [5.41, 5.74) is -0.930. The first kappa shape index (κ1) is 23.5. The molecule has 1 unspecified atom stereocenters. The fourth-order valence-electron chi connectivity index (χ4n) is 3.85. The number of methoxy groups -OCH3 is 1. The molecule has 0 radical (unpaired) electrons. The van der Waals surface area contributed by atoms with E-state index in [0.29, 0.717) is 0 Å². The van der Waals surface area contributed by atoms with Crippen LogP contribution in [0.4, 0.5) is 14.5 Å². The van der Waals surface area contributed by atoms with Crippen LogP contribution in [0.3, 0.4) is 0 Å². The van der Waals surface area contributed by atoms with Gasteiger partial charge in [-0.2, -0.15) is 0 Å². The van der Waals surface area contributed by atoms with Crippen LogP contribution in [-0.4, -0.2) is 29.0 Å². The lowest BCUT2D eigenvalue weighted by atomic mass is 9.94. The standard InChI is InChI=1S/C24H15Cl2F2NO5/c1-34-23-15(8-12(25)9-16(23)26)21(31)19-20(11-3-2-4-14(30)7-11)29(24(33)22(19)32)18-10-13(27)5-6-17(18)28/h2-10,20,30-31H,1H3/b21-19+. The van der Waals surface area contributed by atoms with Crippen LogP contribution in [0.2, 0.25) is 10.0 Å². The zero-order valence-corrected chi connectivity index (χ0v) is 18.9. The number of hydrogen-bond donors (Lipinski definition) is 2. The molecule has 1 saturated heterocycles. The molecule has 10 heteroatoms. The summed E-state index contributed by atoms with van der Waals surface area (Å²) in [5, 5.41) is 21.3. The topological polar surface area (TPSA) is 87.1 Å². The van der Waals surface area contributed by atoms with E-state index in [1.54, 1.807) is 0 Å². The average molecular weight is 506 g/mol. The molecule has 0 saturated carbocycles. The van der Waals surface area contributed by atoms with Crippen LogP contribution < -0.4 is 9.64 Å². The van der Waals surface area contributed by atoms with Crippen molar-refractivity contribution in [2.24, 2.45) is 0 Å². The Balaban J connectivity index is 2.05. The van der Waals surface area contributed by atoms with E-state index in [1.807, 2.05) is 0 Å². The van der Waals surface area contributed by atoms with E-state index in [1.165, 1.54) is 43.5 Å². The molecule has 3 aromatic carbocycles. The summed E-state index contributed by atoms with van der Waals surface area (Å²) >= 11 is 12.2. The molecule has 0 aromatic heterocycles. The van der Waals surface area contributed by atoms with Crippen LogP contribution in [0.1, 0.15) is 17.2 Å².